The van der Waals surface area contributed by atoms with Crippen molar-refractivity contribution in [2.75, 3.05) is 27.2 Å². The predicted octanol–water partition coefficient (Wildman–Crippen LogP) is 1.72. The summed E-state index contributed by atoms with van der Waals surface area (Å²) in [5.41, 5.74) is 0. The molecule has 1 fully saturated rings. The number of nitrogens with one attached hydrogen (secondary N) is 1. The van der Waals surface area contributed by atoms with Crippen molar-refractivity contribution in [2.24, 2.45) is 5.92 Å². The Bertz CT molecular complexity index is 136. The first-order chi connectivity index (χ1) is 6.24. The molecule has 0 aromatic carbocycles. The molecule has 0 bridgehead atoms. The van der Waals surface area contributed by atoms with Gasteiger partial charge in [-0.05, 0) is 58.8 Å². The molecule has 1 aliphatic heterocycles. The van der Waals surface area contributed by atoms with Gasteiger partial charge in [-0.1, -0.05) is 6.92 Å². The van der Waals surface area contributed by atoms with Crippen LogP contribution in [0.1, 0.15) is 32.6 Å². The Morgan fingerprint density at radius 1 is 1.54 bits per heavy atom. The maximum atomic E-state index is 3.22. The molecule has 0 spiro atoms. The molecule has 1 saturated heterocycles. The number of hydrogen-bond acceptors (Lipinski definition) is 2. The number of nitrogens with zero attached hydrogens (tertiary/aromatic N) is 1. The smallest absolute Gasteiger partial charge is 0.00952 e. The minimum atomic E-state index is 0.867. The zero-order valence-corrected chi connectivity index (χ0v) is 9.34. The van der Waals surface area contributed by atoms with E-state index in [0.29, 0.717) is 0 Å². The summed E-state index contributed by atoms with van der Waals surface area (Å²) in [6.45, 7) is 4.85. The highest BCUT2D eigenvalue weighted by Crippen LogP contribution is 2.22. The molecule has 0 aliphatic carbocycles. The third kappa shape index (κ3) is 3.65. The Hall–Kier alpha value is -0.0800. The summed E-state index contributed by atoms with van der Waals surface area (Å²) in [4.78, 5) is 2.52. The molecule has 2 nitrogen and oxygen atoms in total. The van der Waals surface area contributed by atoms with Gasteiger partial charge in [-0.25, -0.2) is 0 Å². The van der Waals surface area contributed by atoms with Crippen LogP contribution >= 0.6 is 0 Å². The summed E-state index contributed by atoms with van der Waals surface area (Å²) >= 11 is 0. The van der Waals surface area contributed by atoms with Gasteiger partial charge in [0.15, 0.2) is 0 Å². The highest BCUT2D eigenvalue weighted by atomic mass is 15.1. The molecule has 0 radical (unpaired) electrons. The van der Waals surface area contributed by atoms with E-state index in [2.05, 4.69) is 24.2 Å². The minimum absolute atomic E-state index is 0.867. The molecule has 1 aliphatic rings. The van der Waals surface area contributed by atoms with E-state index in [0.717, 1.165) is 18.5 Å². The van der Waals surface area contributed by atoms with Crippen LogP contribution < -0.4 is 5.32 Å². The molecular formula is C11H24N2. The van der Waals surface area contributed by atoms with Crippen LogP contribution in [0.3, 0.4) is 0 Å². The van der Waals surface area contributed by atoms with Crippen molar-refractivity contribution in [1.29, 1.82) is 0 Å². The topological polar surface area (TPSA) is 15.3 Å². The first-order valence-corrected chi connectivity index (χ1v) is 5.59. The zero-order chi connectivity index (χ0) is 9.68. The van der Waals surface area contributed by atoms with Crippen molar-refractivity contribution in [3.63, 3.8) is 0 Å². The summed E-state index contributed by atoms with van der Waals surface area (Å²) in [5.74, 6) is 0.873. The molecule has 13 heavy (non-hydrogen) atoms. The summed E-state index contributed by atoms with van der Waals surface area (Å²) in [6.07, 6.45) is 5.53. The number of likely N-dealkylation sites (tertiary alicyclic amines) is 1. The predicted molar refractivity (Wildman–Crippen MR) is 58.0 cm³/mol. The Morgan fingerprint density at radius 3 is 2.85 bits per heavy atom. The van der Waals surface area contributed by atoms with Gasteiger partial charge in [0.05, 0.1) is 0 Å². The molecule has 0 saturated carbocycles. The monoisotopic (exact) mass is 184 g/mol. The van der Waals surface area contributed by atoms with Crippen LogP contribution in [0.15, 0.2) is 0 Å². The highest BCUT2D eigenvalue weighted by Gasteiger charge is 2.22. The summed E-state index contributed by atoms with van der Waals surface area (Å²) in [5, 5.41) is 3.22. The molecular weight excluding hydrogens is 160 g/mol. The lowest BCUT2D eigenvalue weighted by molar-refractivity contribution is 0.261. The third-order valence-electron chi connectivity index (χ3n) is 3.23. The van der Waals surface area contributed by atoms with Gasteiger partial charge in [0.1, 0.15) is 0 Å². The standard InChI is InChI=1S/C11H24N2/c1-10(6-7-12-2)9-11-5-4-8-13(11)3/h10-12H,4-9H2,1-3H3. The second-order valence-electron chi connectivity index (χ2n) is 4.51. The van der Waals surface area contributed by atoms with E-state index in [9.17, 15) is 0 Å². The molecule has 1 rings (SSSR count). The fourth-order valence-corrected chi connectivity index (χ4v) is 2.25. The maximum Gasteiger partial charge on any atom is 0.00952 e. The lowest BCUT2D eigenvalue weighted by Gasteiger charge is -2.22. The Kier molecular flexibility index (Phi) is 4.74. The van der Waals surface area contributed by atoms with Gasteiger partial charge in [-0.3, -0.25) is 0 Å². The molecule has 2 heteroatoms. The second kappa shape index (κ2) is 5.61. The van der Waals surface area contributed by atoms with Crippen LogP contribution in [-0.2, 0) is 0 Å². The third-order valence-corrected chi connectivity index (χ3v) is 3.23. The molecule has 78 valence electrons. The fraction of sp³-hybridized carbons (Fsp3) is 1.00. The van der Waals surface area contributed by atoms with E-state index >= 15 is 0 Å². The van der Waals surface area contributed by atoms with Crippen LogP contribution in [0.2, 0.25) is 0 Å². The molecule has 0 aromatic heterocycles. The SMILES string of the molecule is CNCCC(C)CC1CCCN1C. The van der Waals surface area contributed by atoms with Gasteiger partial charge in [0.25, 0.3) is 0 Å². The van der Waals surface area contributed by atoms with E-state index in [4.69, 9.17) is 0 Å². The first-order valence-electron chi connectivity index (χ1n) is 5.59. The average molecular weight is 184 g/mol. The van der Waals surface area contributed by atoms with E-state index in [1.54, 1.807) is 0 Å². The van der Waals surface area contributed by atoms with Gasteiger partial charge in [0, 0.05) is 6.04 Å². The quantitative estimate of drug-likeness (QED) is 0.700. The van der Waals surface area contributed by atoms with Crippen molar-refractivity contribution in [3.05, 3.63) is 0 Å². The van der Waals surface area contributed by atoms with Gasteiger partial charge >= 0.3 is 0 Å². The Morgan fingerprint density at radius 2 is 2.31 bits per heavy atom. The maximum absolute atomic E-state index is 3.22. The fourth-order valence-electron chi connectivity index (χ4n) is 2.25. The van der Waals surface area contributed by atoms with Gasteiger partial charge in [0.2, 0.25) is 0 Å². The van der Waals surface area contributed by atoms with Crippen LogP contribution in [0.5, 0.6) is 0 Å². The lowest BCUT2D eigenvalue weighted by atomic mass is 9.97. The molecule has 1 heterocycles. The van der Waals surface area contributed by atoms with Crippen molar-refractivity contribution in [3.8, 4) is 0 Å². The minimum Gasteiger partial charge on any atom is -0.320 e. The van der Waals surface area contributed by atoms with E-state index < -0.39 is 0 Å². The summed E-state index contributed by atoms with van der Waals surface area (Å²) < 4.78 is 0. The molecule has 2 atom stereocenters. The van der Waals surface area contributed by atoms with Gasteiger partial charge in [-0.2, -0.15) is 0 Å². The molecule has 1 N–H and O–H groups in total. The number of hydrogen-bond donors (Lipinski definition) is 1. The average Bonchev–Trinajstić information content (AvgIpc) is 2.48. The van der Waals surface area contributed by atoms with Crippen LogP contribution in [0.25, 0.3) is 0 Å². The summed E-state index contributed by atoms with van der Waals surface area (Å²) in [7, 11) is 4.30. The van der Waals surface area contributed by atoms with Crippen LogP contribution in [-0.4, -0.2) is 38.1 Å². The Labute approximate surface area is 82.7 Å². The largest absolute Gasteiger partial charge is 0.320 e. The molecule has 2 unspecified atom stereocenters. The lowest BCUT2D eigenvalue weighted by Crippen LogP contribution is -2.27. The van der Waals surface area contributed by atoms with Crippen LogP contribution in [0.4, 0.5) is 0 Å². The van der Waals surface area contributed by atoms with E-state index in [1.807, 2.05) is 7.05 Å². The Balaban J connectivity index is 2.15. The van der Waals surface area contributed by atoms with Gasteiger partial charge < -0.3 is 10.2 Å². The van der Waals surface area contributed by atoms with E-state index in [-0.39, 0.29) is 0 Å². The number of rotatable bonds is 5. The molecule has 0 aromatic rings. The van der Waals surface area contributed by atoms with Crippen molar-refractivity contribution in [2.45, 2.75) is 38.6 Å². The normalized spacial score (nSPS) is 26.5. The van der Waals surface area contributed by atoms with E-state index in [1.165, 1.54) is 32.2 Å². The van der Waals surface area contributed by atoms with Crippen molar-refractivity contribution in [1.82, 2.24) is 10.2 Å². The first kappa shape index (κ1) is 11.0. The van der Waals surface area contributed by atoms with Crippen molar-refractivity contribution >= 4 is 0 Å². The molecule has 0 amide bonds. The highest BCUT2D eigenvalue weighted by molar-refractivity contribution is 4.78. The van der Waals surface area contributed by atoms with Crippen LogP contribution in [0, 0.1) is 5.92 Å². The zero-order valence-electron chi connectivity index (χ0n) is 9.34. The second-order valence-corrected chi connectivity index (χ2v) is 4.51. The van der Waals surface area contributed by atoms with Crippen molar-refractivity contribution < 1.29 is 0 Å². The summed E-state index contributed by atoms with van der Waals surface area (Å²) in [6, 6.07) is 0.867. The van der Waals surface area contributed by atoms with Gasteiger partial charge in [-0.15, -0.1) is 0 Å².